The van der Waals surface area contributed by atoms with Crippen molar-refractivity contribution in [3.63, 3.8) is 0 Å². The molecule has 2 aliphatic rings. The Morgan fingerprint density at radius 1 is 1.27 bits per heavy atom. The molecule has 1 heterocycles. The molecule has 1 aliphatic carbocycles. The van der Waals surface area contributed by atoms with E-state index in [0.29, 0.717) is 0 Å². The third-order valence-electron chi connectivity index (χ3n) is 3.80. The first-order chi connectivity index (χ1) is 7.06. The molecule has 3 nitrogen and oxygen atoms in total. The van der Waals surface area contributed by atoms with Crippen molar-refractivity contribution in [2.24, 2.45) is 23.7 Å². The van der Waals surface area contributed by atoms with Gasteiger partial charge in [0.15, 0.2) is 0 Å². The molecule has 4 unspecified atom stereocenters. The Kier molecular flexibility index (Phi) is 2.41. The lowest BCUT2D eigenvalue weighted by Gasteiger charge is -2.31. The lowest BCUT2D eigenvalue weighted by Crippen LogP contribution is -2.34. The summed E-state index contributed by atoms with van der Waals surface area (Å²) in [5.41, 5.74) is 1.20. The molecule has 0 N–H and O–H groups in total. The van der Waals surface area contributed by atoms with Gasteiger partial charge < -0.3 is 4.74 Å². The summed E-state index contributed by atoms with van der Waals surface area (Å²) < 4.78 is 4.75. The molecule has 0 aromatic rings. The third kappa shape index (κ3) is 1.41. The van der Waals surface area contributed by atoms with Gasteiger partial charge in [0.05, 0.1) is 11.8 Å². The van der Waals surface area contributed by atoms with Crippen molar-refractivity contribution in [1.29, 1.82) is 0 Å². The number of hydrogen-bond acceptors (Lipinski definition) is 3. The van der Waals surface area contributed by atoms with E-state index in [1.807, 2.05) is 20.8 Å². The summed E-state index contributed by atoms with van der Waals surface area (Å²) in [7, 11) is 0. The van der Waals surface area contributed by atoms with E-state index < -0.39 is 0 Å². The molecule has 3 heteroatoms. The maximum Gasteiger partial charge on any atom is 0.318 e. The average molecular weight is 208 g/mol. The zero-order valence-electron chi connectivity index (χ0n) is 9.32. The van der Waals surface area contributed by atoms with E-state index in [-0.39, 0.29) is 35.6 Å². The van der Waals surface area contributed by atoms with E-state index in [0.717, 1.165) is 6.42 Å². The van der Waals surface area contributed by atoms with Crippen LogP contribution < -0.4 is 0 Å². The Labute approximate surface area is 89.5 Å². The van der Waals surface area contributed by atoms with Crippen LogP contribution in [0.25, 0.3) is 0 Å². The molecule has 1 aliphatic heterocycles. The molecule has 15 heavy (non-hydrogen) atoms. The minimum atomic E-state index is -0.330. The number of allylic oxidation sites excluding steroid dienone is 2. The first kappa shape index (κ1) is 10.4. The predicted molar refractivity (Wildman–Crippen MR) is 54.8 cm³/mol. The zero-order chi connectivity index (χ0) is 11.2. The molecule has 0 bridgehead atoms. The molecular weight excluding hydrogens is 192 g/mol. The van der Waals surface area contributed by atoms with Gasteiger partial charge in [-0.25, -0.2) is 0 Å². The van der Waals surface area contributed by atoms with Crippen molar-refractivity contribution in [3.8, 4) is 0 Å². The van der Waals surface area contributed by atoms with Crippen LogP contribution >= 0.6 is 0 Å². The molecule has 0 spiro atoms. The van der Waals surface area contributed by atoms with Gasteiger partial charge in [-0.3, -0.25) is 9.59 Å². The van der Waals surface area contributed by atoms with Gasteiger partial charge in [-0.05, 0) is 25.2 Å². The van der Waals surface area contributed by atoms with Crippen LogP contribution in [0.2, 0.25) is 0 Å². The van der Waals surface area contributed by atoms with E-state index in [1.54, 1.807) is 0 Å². The number of fused-ring (bicyclic) bond motifs is 1. The van der Waals surface area contributed by atoms with Gasteiger partial charge in [0.2, 0.25) is 0 Å². The van der Waals surface area contributed by atoms with Crippen LogP contribution in [0.1, 0.15) is 27.2 Å². The average Bonchev–Trinajstić information content (AvgIpc) is 2.48. The molecule has 2 rings (SSSR count). The van der Waals surface area contributed by atoms with Gasteiger partial charge in [-0.2, -0.15) is 0 Å². The van der Waals surface area contributed by atoms with E-state index in [1.165, 1.54) is 5.57 Å². The summed E-state index contributed by atoms with van der Waals surface area (Å²) in [6, 6.07) is 0. The topological polar surface area (TPSA) is 43.4 Å². The van der Waals surface area contributed by atoms with Crippen LogP contribution in [-0.4, -0.2) is 11.9 Å². The van der Waals surface area contributed by atoms with Gasteiger partial charge in [0.1, 0.15) is 0 Å². The molecule has 1 saturated heterocycles. The van der Waals surface area contributed by atoms with E-state index in [9.17, 15) is 9.59 Å². The van der Waals surface area contributed by atoms with Crippen molar-refractivity contribution in [3.05, 3.63) is 11.6 Å². The number of esters is 2. The largest absolute Gasteiger partial charge is 0.393 e. The van der Waals surface area contributed by atoms with Crippen molar-refractivity contribution in [2.45, 2.75) is 27.2 Å². The summed E-state index contributed by atoms with van der Waals surface area (Å²) >= 11 is 0. The second kappa shape index (κ2) is 3.47. The summed E-state index contributed by atoms with van der Waals surface area (Å²) in [4.78, 5) is 23.1. The Hall–Kier alpha value is -1.12. The lowest BCUT2D eigenvalue weighted by molar-refractivity contribution is -0.154. The summed E-state index contributed by atoms with van der Waals surface area (Å²) in [6.07, 6.45) is 3.01. The summed E-state index contributed by atoms with van der Waals surface area (Å²) in [5.74, 6) is -0.827. The minimum Gasteiger partial charge on any atom is -0.393 e. The third-order valence-corrected chi connectivity index (χ3v) is 3.80. The second-order valence-electron chi connectivity index (χ2n) is 4.56. The molecule has 82 valence electrons. The van der Waals surface area contributed by atoms with Crippen LogP contribution in [0.5, 0.6) is 0 Å². The molecule has 1 fully saturated rings. The van der Waals surface area contributed by atoms with Gasteiger partial charge in [-0.15, -0.1) is 0 Å². The first-order valence-electron chi connectivity index (χ1n) is 5.50. The molecular formula is C12H16O3. The SMILES string of the molecule is CCC1C=C(C)C(C)C2C(=O)OC(=O)C12. The molecule has 0 aromatic heterocycles. The molecule has 0 saturated carbocycles. The Morgan fingerprint density at radius 2 is 1.87 bits per heavy atom. The number of ether oxygens (including phenoxy) is 1. The zero-order valence-corrected chi connectivity index (χ0v) is 9.32. The maximum absolute atomic E-state index is 11.6. The van der Waals surface area contributed by atoms with Gasteiger partial charge in [0.25, 0.3) is 0 Å². The van der Waals surface area contributed by atoms with Crippen LogP contribution in [0.4, 0.5) is 0 Å². The summed E-state index contributed by atoms with van der Waals surface area (Å²) in [5, 5.41) is 0. The number of hydrogen-bond donors (Lipinski definition) is 0. The van der Waals surface area contributed by atoms with Crippen LogP contribution in [0, 0.1) is 23.7 Å². The fraction of sp³-hybridized carbons (Fsp3) is 0.667. The fourth-order valence-electron chi connectivity index (χ4n) is 2.73. The standard InChI is InChI=1S/C12H16O3/c1-4-8-5-6(2)7(3)9-10(8)12(14)15-11(9)13/h5,7-10H,4H2,1-3H3. The highest BCUT2D eigenvalue weighted by atomic mass is 16.6. The Balaban J connectivity index is 2.41. The molecule has 0 radical (unpaired) electrons. The lowest BCUT2D eigenvalue weighted by atomic mass is 9.68. The molecule has 0 aromatic carbocycles. The highest BCUT2D eigenvalue weighted by Gasteiger charge is 2.51. The highest BCUT2D eigenvalue weighted by molar-refractivity contribution is 5.97. The Morgan fingerprint density at radius 3 is 2.47 bits per heavy atom. The molecule has 4 atom stereocenters. The molecule has 0 amide bonds. The minimum absolute atomic E-state index is 0.136. The van der Waals surface area contributed by atoms with Gasteiger partial charge in [0, 0.05) is 0 Å². The number of carbonyl (C=O) groups is 2. The van der Waals surface area contributed by atoms with E-state index in [4.69, 9.17) is 4.74 Å². The second-order valence-corrected chi connectivity index (χ2v) is 4.56. The van der Waals surface area contributed by atoms with Gasteiger partial charge >= 0.3 is 11.9 Å². The van der Waals surface area contributed by atoms with Gasteiger partial charge in [-0.1, -0.05) is 25.5 Å². The van der Waals surface area contributed by atoms with Crippen LogP contribution in [0.3, 0.4) is 0 Å². The fourth-order valence-corrected chi connectivity index (χ4v) is 2.73. The van der Waals surface area contributed by atoms with Crippen molar-refractivity contribution in [1.82, 2.24) is 0 Å². The highest BCUT2D eigenvalue weighted by Crippen LogP contribution is 2.44. The first-order valence-corrected chi connectivity index (χ1v) is 5.50. The Bertz CT molecular complexity index is 343. The number of rotatable bonds is 1. The smallest absolute Gasteiger partial charge is 0.318 e. The van der Waals surface area contributed by atoms with Crippen molar-refractivity contribution < 1.29 is 14.3 Å². The maximum atomic E-state index is 11.6. The normalized spacial score (nSPS) is 39.8. The van der Waals surface area contributed by atoms with Crippen LogP contribution in [0.15, 0.2) is 11.6 Å². The van der Waals surface area contributed by atoms with E-state index in [2.05, 4.69) is 6.08 Å². The monoisotopic (exact) mass is 208 g/mol. The number of carbonyl (C=O) groups excluding carboxylic acids is 2. The van der Waals surface area contributed by atoms with E-state index >= 15 is 0 Å². The number of cyclic esters (lactones) is 2. The van der Waals surface area contributed by atoms with Crippen LogP contribution in [-0.2, 0) is 14.3 Å². The van der Waals surface area contributed by atoms with Crippen molar-refractivity contribution in [2.75, 3.05) is 0 Å². The quantitative estimate of drug-likeness (QED) is 0.375. The summed E-state index contributed by atoms with van der Waals surface area (Å²) in [6.45, 7) is 6.06. The predicted octanol–water partition coefficient (Wildman–Crippen LogP) is 1.92. The van der Waals surface area contributed by atoms with Crippen molar-refractivity contribution >= 4 is 11.9 Å².